The highest BCUT2D eigenvalue weighted by molar-refractivity contribution is 5.89. The first kappa shape index (κ1) is 35.3. The third kappa shape index (κ3) is 12.7. The molecule has 238 valence electrons. The second-order valence-corrected chi connectivity index (χ2v) is 13.1. The molecule has 0 radical (unpaired) electrons. The summed E-state index contributed by atoms with van der Waals surface area (Å²) in [5, 5.41) is 0. The molecule has 3 rings (SSSR count). The number of carbonyl (C=O) groups excluding carboxylic acids is 1. The zero-order chi connectivity index (χ0) is 32.9. The van der Waals surface area contributed by atoms with E-state index < -0.39 is 0 Å². The quantitative estimate of drug-likeness (QED) is 0.100. The van der Waals surface area contributed by atoms with Gasteiger partial charge in [0.1, 0.15) is 11.5 Å². The zero-order valence-electron chi connectivity index (χ0n) is 28.5. The molecule has 0 aliphatic carbocycles. The van der Waals surface area contributed by atoms with E-state index in [1.807, 2.05) is 24.3 Å². The lowest BCUT2D eigenvalue weighted by Gasteiger charge is -2.24. The molecule has 0 aliphatic rings. The SMILES string of the molecule is CCOC(=O)c1ccc(C#Cc2cc(OCCC[N+](C)(C)C)c(C#Cc3ccc(CC)cc3)cc2OCCC[N+](C)(C)C)cc1. The van der Waals surface area contributed by atoms with Crippen LogP contribution in [0.4, 0.5) is 0 Å². The van der Waals surface area contributed by atoms with Crippen molar-refractivity contribution in [2.45, 2.75) is 33.1 Å². The van der Waals surface area contributed by atoms with Crippen molar-refractivity contribution in [3.05, 3.63) is 94.0 Å². The Morgan fingerprint density at radius 2 is 1.09 bits per heavy atom. The van der Waals surface area contributed by atoms with Gasteiger partial charge < -0.3 is 23.2 Å². The Bertz CT molecular complexity index is 1520. The van der Waals surface area contributed by atoms with Crippen LogP contribution in [-0.2, 0) is 11.2 Å². The van der Waals surface area contributed by atoms with Crippen molar-refractivity contribution in [2.75, 3.05) is 75.2 Å². The van der Waals surface area contributed by atoms with Gasteiger partial charge >= 0.3 is 5.97 Å². The topological polar surface area (TPSA) is 44.8 Å². The van der Waals surface area contributed by atoms with Crippen LogP contribution in [0.5, 0.6) is 11.5 Å². The van der Waals surface area contributed by atoms with Crippen LogP contribution < -0.4 is 9.47 Å². The minimum atomic E-state index is -0.341. The molecule has 45 heavy (non-hydrogen) atoms. The molecule has 0 spiro atoms. The fraction of sp³-hybridized carbons (Fsp3) is 0.410. The van der Waals surface area contributed by atoms with Gasteiger partial charge in [0.25, 0.3) is 0 Å². The number of esters is 1. The number of rotatable bonds is 13. The van der Waals surface area contributed by atoms with Gasteiger partial charge in [0, 0.05) is 36.1 Å². The number of nitrogens with zero attached hydrogens (tertiary/aromatic N) is 2. The van der Waals surface area contributed by atoms with E-state index in [0.717, 1.165) is 63.6 Å². The Hall–Kier alpha value is -4.23. The van der Waals surface area contributed by atoms with Gasteiger partial charge in [-0.3, -0.25) is 0 Å². The van der Waals surface area contributed by atoms with E-state index in [1.54, 1.807) is 19.1 Å². The minimum Gasteiger partial charge on any atom is -0.492 e. The van der Waals surface area contributed by atoms with Crippen LogP contribution in [0.2, 0.25) is 0 Å². The van der Waals surface area contributed by atoms with Crippen LogP contribution in [0.1, 0.15) is 64.9 Å². The van der Waals surface area contributed by atoms with Gasteiger partial charge in [-0.05, 0) is 55.3 Å². The van der Waals surface area contributed by atoms with Crippen molar-refractivity contribution in [3.63, 3.8) is 0 Å². The van der Waals surface area contributed by atoms with Crippen molar-refractivity contribution in [3.8, 4) is 35.2 Å². The molecule has 3 aromatic carbocycles. The van der Waals surface area contributed by atoms with Crippen LogP contribution in [0.25, 0.3) is 0 Å². The van der Waals surface area contributed by atoms with Gasteiger partial charge in [0.05, 0.1) is 91.9 Å². The van der Waals surface area contributed by atoms with Crippen LogP contribution in [0.3, 0.4) is 0 Å². The summed E-state index contributed by atoms with van der Waals surface area (Å²) in [6, 6.07) is 19.4. The normalized spacial score (nSPS) is 11.1. The van der Waals surface area contributed by atoms with E-state index in [0.29, 0.717) is 36.9 Å². The number of ether oxygens (including phenoxy) is 3. The monoisotopic (exact) mass is 610 g/mol. The molecule has 0 saturated carbocycles. The van der Waals surface area contributed by atoms with Crippen molar-refractivity contribution in [2.24, 2.45) is 0 Å². The second kappa shape index (κ2) is 16.7. The Balaban J connectivity index is 1.99. The predicted molar refractivity (Wildman–Crippen MR) is 183 cm³/mol. The van der Waals surface area contributed by atoms with Gasteiger partial charge in [-0.15, -0.1) is 0 Å². The number of aryl methyl sites for hydroxylation is 1. The van der Waals surface area contributed by atoms with Crippen molar-refractivity contribution in [1.29, 1.82) is 0 Å². The van der Waals surface area contributed by atoms with Gasteiger partial charge in [-0.25, -0.2) is 4.79 Å². The van der Waals surface area contributed by atoms with Crippen molar-refractivity contribution in [1.82, 2.24) is 0 Å². The molecular formula is C39H50N2O4+2. The van der Waals surface area contributed by atoms with Crippen LogP contribution >= 0.6 is 0 Å². The summed E-state index contributed by atoms with van der Waals surface area (Å²) < 4.78 is 19.5. The van der Waals surface area contributed by atoms with Crippen molar-refractivity contribution >= 4 is 5.97 Å². The van der Waals surface area contributed by atoms with E-state index in [2.05, 4.69) is 97.2 Å². The molecule has 0 N–H and O–H groups in total. The molecule has 0 atom stereocenters. The highest BCUT2D eigenvalue weighted by Crippen LogP contribution is 2.29. The molecule has 0 fully saturated rings. The Morgan fingerprint density at radius 3 is 1.49 bits per heavy atom. The van der Waals surface area contributed by atoms with Crippen molar-refractivity contribution < 1.29 is 28.0 Å². The molecule has 6 nitrogen and oxygen atoms in total. The summed E-state index contributed by atoms with van der Waals surface area (Å²) in [4.78, 5) is 12.1. The smallest absolute Gasteiger partial charge is 0.338 e. The first-order valence-electron chi connectivity index (χ1n) is 15.8. The van der Waals surface area contributed by atoms with Gasteiger partial charge in [0.15, 0.2) is 0 Å². The standard InChI is InChI=1S/C39H50N2O4/c1-9-31-13-15-32(16-14-31)19-23-35-29-38(45-28-12-26-41(6,7)8)36(30-37(35)44-27-11-25-40(3,4)5)24-20-33-17-21-34(22-18-33)39(42)43-10-2/h13-18,21-22,29-30H,9-12,25-28H2,1-8H3/q+2. The Labute approximate surface area is 271 Å². The van der Waals surface area contributed by atoms with Crippen LogP contribution in [-0.4, -0.2) is 90.1 Å². The average Bonchev–Trinajstić information content (AvgIpc) is 2.99. The number of carbonyl (C=O) groups is 1. The molecule has 0 bridgehead atoms. The molecule has 3 aromatic rings. The lowest BCUT2D eigenvalue weighted by Crippen LogP contribution is -2.36. The number of hydrogen-bond donors (Lipinski definition) is 0. The second-order valence-electron chi connectivity index (χ2n) is 13.1. The highest BCUT2D eigenvalue weighted by Gasteiger charge is 2.14. The molecule has 0 heterocycles. The molecule has 6 heteroatoms. The number of benzene rings is 3. The maximum absolute atomic E-state index is 12.1. The fourth-order valence-corrected chi connectivity index (χ4v) is 4.44. The largest absolute Gasteiger partial charge is 0.492 e. The van der Waals surface area contributed by atoms with E-state index in [-0.39, 0.29) is 5.97 Å². The molecule has 0 saturated heterocycles. The van der Waals surface area contributed by atoms with E-state index in [9.17, 15) is 4.79 Å². The first-order valence-corrected chi connectivity index (χ1v) is 15.8. The lowest BCUT2D eigenvalue weighted by atomic mass is 10.1. The highest BCUT2D eigenvalue weighted by atomic mass is 16.5. The van der Waals surface area contributed by atoms with Gasteiger partial charge in [0.2, 0.25) is 0 Å². The van der Waals surface area contributed by atoms with Crippen LogP contribution in [0, 0.1) is 23.7 Å². The maximum atomic E-state index is 12.1. The Morgan fingerprint density at radius 1 is 0.644 bits per heavy atom. The van der Waals surface area contributed by atoms with E-state index in [4.69, 9.17) is 14.2 Å². The van der Waals surface area contributed by atoms with E-state index in [1.165, 1.54) is 5.56 Å². The van der Waals surface area contributed by atoms with Crippen LogP contribution in [0.15, 0.2) is 60.7 Å². The third-order valence-corrected chi connectivity index (χ3v) is 6.98. The maximum Gasteiger partial charge on any atom is 0.338 e. The summed E-state index contributed by atoms with van der Waals surface area (Å²) in [7, 11) is 13.1. The summed E-state index contributed by atoms with van der Waals surface area (Å²) in [6.45, 7) is 7.39. The van der Waals surface area contributed by atoms with E-state index >= 15 is 0 Å². The Kier molecular flexibility index (Phi) is 13.1. The zero-order valence-corrected chi connectivity index (χ0v) is 28.5. The summed E-state index contributed by atoms with van der Waals surface area (Å²) in [5.41, 5.74) is 5.01. The minimum absolute atomic E-state index is 0.336. The molecule has 0 amide bonds. The summed E-state index contributed by atoms with van der Waals surface area (Å²) >= 11 is 0. The summed E-state index contributed by atoms with van der Waals surface area (Å²) in [6.07, 6.45) is 2.80. The number of hydrogen-bond acceptors (Lipinski definition) is 4. The molecule has 0 aliphatic heterocycles. The van der Waals surface area contributed by atoms with Gasteiger partial charge in [-0.1, -0.05) is 42.7 Å². The summed E-state index contributed by atoms with van der Waals surface area (Å²) in [5.74, 6) is 14.2. The average molecular weight is 611 g/mol. The molecule has 0 unspecified atom stereocenters. The first-order chi connectivity index (χ1) is 21.4. The fourth-order valence-electron chi connectivity index (χ4n) is 4.44. The predicted octanol–water partition coefficient (Wildman–Crippen LogP) is 6.18. The van der Waals surface area contributed by atoms with Gasteiger partial charge in [-0.2, -0.15) is 0 Å². The molecule has 0 aromatic heterocycles. The lowest BCUT2D eigenvalue weighted by molar-refractivity contribution is -0.870. The third-order valence-electron chi connectivity index (χ3n) is 6.98. The number of quaternary nitrogens is 2. The molecular weight excluding hydrogens is 560 g/mol.